The summed E-state index contributed by atoms with van der Waals surface area (Å²) in [6, 6.07) is 5.36. The molecular weight excluding hydrogens is 348 g/mol. The Hall–Kier alpha value is -2.29. The average Bonchev–Trinajstić information content (AvgIpc) is 2.98. The summed E-state index contributed by atoms with van der Waals surface area (Å²) < 4.78 is 5.60. The molecule has 0 aromatic heterocycles. The summed E-state index contributed by atoms with van der Waals surface area (Å²) in [6.07, 6.45) is 0.699. The van der Waals surface area contributed by atoms with Gasteiger partial charge in [-0.15, -0.1) is 0 Å². The van der Waals surface area contributed by atoms with E-state index in [0.29, 0.717) is 31.7 Å². The number of imide groups is 1. The van der Waals surface area contributed by atoms with E-state index in [9.17, 15) is 14.4 Å². The molecule has 0 aliphatic carbocycles. The number of hydrogen-bond acceptors (Lipinski definition) is 6. The molecule has 2 fully saturated rings. The second-order valence-electron chi connectivity index (χ2n) is 7.36. The number of carbonyl (C=O) groups is 3. The van der Waals surface area contributed by atoms with Crippen LogP contribution in [0, 0.1) is 0 Å². The quantitative estimate of drug-likeness (QED) is 0.698. The molecule has 3 N–H and O–H groups in total. The molecule has 0 bridgehead atoms. The van der Waals surface area contributed by atoms with Crippen molar-refractivity contribution in [2.24, 2.45) is 5.73 Å². The predicted molar refractivity (Wildman–Crippen MR) is 96.6 cm³/mol. The average molecular weight is 372 g/mol. The maximum absolute atomic E-state index is 12.9. The van der Waals surface area contributed by atoms with Gasteiger partial charge in [0, 0.05) is 44.7 Å². The highest BCUT2D eigenvalue weighted by molar-refractivity contribution is 6.05. The Morgan fingerprint density at radius 1 is 1.26 bits per heavy atom. The van der Waals surface area contributed by atoms with E-state index in [1.165, 1.54) is 0 Å². The van der Waals surface area contributed by atoms with Gasteiger partial charge in [-0.2, -0.15) is 0 Å². The van der Waals surface area contributed by atoms with Crippen LogP contribution in [0.25, 0.3) is 0 Å². The third-order valence-electron chi connectivity index (χ3n) is 5.48. The molecule has 8 nitrogen and oxygen atoms in total. The number of amides is 3. The van der Waals surface area contributed by atoms with E-state index in [2.05, 4.69) is 10.2 Å². The minimum Gasteiger partial charge on any atom is -0.374 e. The first-order chi connectivity index (χ1) is 13.0. The summed E-state index contributed by atoms with van der Waals surface area (Å²) in [5.74, 6) is -0.791. The Morgan fingerprint density at radius 3 is 2.89 bits per heavy atom. The maximum atomic E-state index is 12.9. The third-order valence-corrected chi connectivity index (χ3v) is 5.48. The Labute approximate surface area is 157 Å². The predicted octanol–water partition coefficient (Wildman–Crippen LogP) is -0.393. The van der Waals surface area contributed by atoms with Crippen molar-refractivity contribution < 1.29 is 19.1 Å². The van der Waals surface area contributed by atoms with E-state index in [4.69, 9.17) is 10.5 Å². The molecule has 3 heterocycles. The van der Waals surface area contributed by atoms with Crippen LogP contribution in [0.15, 0.2) is 18.2 Å². The number of hydrogen-bond donors (Lipinski definition) is 2. The minimum absolute atomic E-state index is 0.0535. The lowest BCUT2D eigenvalue weighted by atomic mass is 10.0. The Kier molecular flexibility index (Phi) is 4.94. The van der Waals surface area contributed by atoms with Gasteiger partial charge in [0.05, 0.1) is 12.7 Å². The molecule has 8 heteroatoms. The number of piperidine rings is 1. The smallest absolute Gasteiger partial charge is 0.255 e. The van der Waals surface area contributed by atoms with Gasteiger partial charge in [0.25, 0.3) is 5.91 Å². The van der Waals surface area contributed by atoms with Crippen molar-refractivity contribution in [2.45, 2.75) is 38.1 Å². The minimum atomic E-state index is -0.574. The van der Waals surface area contributed by atoms with Crippen LogP contribution in [0.1, 0.15) is 34.3 Å². The molecule has 144 valence electrons. The number of nitrogens with one attached hydrogen (secondary N) is 1. The lowest BCUT2D eigenvalue weighted by Gasteiger charge is -2.32. The molecule has 4 rings (SSSR count). The van der Waals surface area contributed by atoms with Crippen LogP contribution in [0.3, 0.4) is 0 Å². The van der Waals surface area contributed by atoms with Gasteiger partial charge < -0.3 is 15.4 Å². The van der Waals surface area contributed by atoms with Crippen LogP contribution in [-0.4, -0.2) is 65.9 Å². The lowest BCUT2D eigenvalue weighted by Crippen LogP contribution is -2.52. The second-order valence-corrected chi connectivity index (χ2v) is 7.36. The van der Waals surface area contributed by atoms with Crippen molar-refractivity contribution >= 4 is 17.7 Å². The van der Waals surface area contributed by atoms with Gasteiger partial charge >= 0.3 is 0 Å². The molecule has 1 aromatic rings. The monoisotopic (exact) mass is 372 g/mol. The van der Waals surface area contributed by atoms with Crippen molar-refractivity contribution in [3.05, 3.63) is 34.9 Å². The second kappa shape index (κ2) is 7.38. The van der Waals surface area contributed by atoms with Crippen molar-refractivity contribution in [2.75, 3.05) is 26.2 Å². The van der Waals surface area contributed by atoms with Gasteiger partial charge in [0.2, 0.25) is 11.8 Å². The van der Waals surface area contributed by atoms with E-state index < -0.39 is 6.04 Å². The maximum Gasteiger partial charge on any atom is 0.255 e. The summed E-state index contributed by atoms with van der Waals surface area (Å²) in [6.45, 7) is 3.93. The molecule has 3 amide bonds. The zero-order chi connectivity index (χ0) is 19.0. The number of benzene rings is 1. The first-order valence-electron chi connectivity index (χ1n) is 9.35. The van der Waals surface area contributed by atoms with Gasteiger partial charge in [-0.25, -0.2) is 0 Å². The van der Waals surface area contributed by atoms with Crippen molar-refractivity contribution in [1.29, 1.82) is 0 Å². The molecular formula is C19H24N4O4. The number of carbonyl (C=O) groups excluding carboxylic acids is 3. The standard InChI is InChI=1S/C19H24N4O4/c20-8-14-11-22(5-6-27-14)9-12-1-2-13-10-23(19(26)15(13)7-12)16-3-4-17(24)21-18(16)25/h1-2,7,14,16H,3-6,8-11,20H2,(H,21,24,25)/t14-,16?/m1/s1. The fourth-order valence-electron chi connectivity index (χ4n) is 4.03. The lowest BCUT2D eigenvalue weighted by molar-refractivity contribution is -0.136. The highest BCUT2D eigenvalue weighted by Crippen LogP contribution is 2.28. The summed E-state index contributed by atoms with van der Waals surface area (Å²) in [5, 5.41) is 2.33. The number of nitrogens with zero attached hydrogens (tertiary/aromatic N) is 2. The summed E-state index contributed by atoms with van der Waals surface area (Å²) in [5.41, 5.74) is 8.34. The van der Waals surface area contributed by atoms with Crippen LogP contribution in [0.5, 0.6) is 0 Å². The number of fused-ring (bicyclic) bond motifs is 1. The van der Waals surface area contributed by atoms with Crippen LogP contribution >= 0.6 is 0 Å². The molecule has 1 unspecified atom stereocenters. The Morgan fingerprint density at radius 2 is 2.11 bits per heavy atom. The first-order valence-corrected chi connectivity index (χ1v) is 9.35. The van der Waals surface area contributed by atoms with Crippen LogP contribution in [0.2, 0.25) is 0 Å². The zero-order valence-corrected chi connectivity index (χ0v) is 15.1. The van der Waals surface area contributed by atoms with E-state index in [1.807, 2.05) is 18.2 Å². The van der Waals surface area contributed by atoms with Crippen molar-refractivity contribution in [3.8, 4) is 0 Å². The molecule has 2 saturated heterocycles. The molecule has 3 aliphatic rings. The topological polar surface area (TPSA) is 105 Å². The normalized spacial score (nSPS) is 26.3. The van der Waals surface area contributed by atoms with E-state index in [-0.39, 0.29) is 30.2 Å². The summed E-state index contributed by atoms with van der Waals surface area (Å²) in [7, 11) is 0. The van der Waals surface area contributed by atoms with Crippen LogP contribution in [0.4, 0.5) is 0 Å². The highest BCUT2D eigenvalue weighted by Gasteiger charge is 2.39. The molecule has 3 aliphatic heterocycles. The zero-order valence-electron chi connectivity index (χ0n) is 15.1. The van der Waals surface area contributed by atoms with Gasteiger partial charge in [-0.1, -0.05) is 12.1 Å². The van der Waals surface area contributed by atoms with Gasteiger partial charge in [0.1, 0.15) is 6.04 Å². The SMILES string of the molecule is NC[C@@H]1CN(Cc2ccc3c(c2)C(=O)N(C2CCC(=O)NC2=O)C3)CCO1. The largest absolute Gasteiger partial charge is 0.374 e. The van der Waals surface area contributed by atoms with Crippen molar-refractivity contribution in [1.82, 2.24) is 15.1 Å². The number of morpholine rings is 1. The van der Waals surface area contributed by atoms with Crippen molar-refractivity contribution in [3.63, 3.8) is 0 Å². The fourth-order valence-corrected chi connectivity index (χ4v) is 4.03. The van der Waals surface area contributed by atoms with Crippen LogP contribution < -0.4 is 11.1 Å². The molecule has 2 atom stereocenters. The Balaban J connectivity index is 1.46. The molecule has 1 aromatic carbocycles. The Bertz CT molecular complexity index is 781. The third kappa shape index (κ3) is 3.60. The molecule has 27 heavy (non-hydrogen) atoms. The molecule has 0 radical (unpaired) electrons. The number of nitrogens with two attached hydrogens (primary N) is 1. The van der Waals surface area contributed by atoms with Gasteiger partial charge in [0.15, 0.2) is 0 Å². The molecule has 0 spiro atoms. The molecule has 0 saturated carbocycles. The fraction of sp³-hybridized carbons (Fsp3) is 0.526. The summed E-state index contributed by atoms with van der Waals surface area (Å²) in [4.78, 5) is 40.2. The first kappa shape index (κ1) is 18.1. The highest BCUT2D eigenvalue weighted by atomic mass is 16.5. The van der Waals surface area contributed by atoms with Gasteiger partial charge in [-0.05, 0) is 23.6 Å². The van der Waals surface area contributed by atoms with E-state index >= 15 is 0 Å². The number of rotatable bonds is 4. The van der Waals surface area contributed by atoms with E-state index in [1.54, 1.807) is 4.90 Å². The van der Waals surface area contributed by atoms with Crippen LogP contribution in [-0.2, 0) is 27.4 Å². The number of ether oxygens (including phenoxy) is 1. The van der Waals surface area contributed by atoms with Gasteiger partial charge in [-0.3, -0.25) is 24.6 Å². The summed E-state index contributed by atoms with van der Waals surface area (Å²) >= 11 is 0. The van der Waals surface area contributed by atoms with E-state index in [0.717, 1.165) is 30.8 Å².